The second-order valence-corrected chi connectivity index (χ2v) is 32.4. The number of carboxylic acid groups (broad SMARTS) is 1. The van der Waals surface area contributed by atoms with E-state index in [1.54, 1.807) is 64.4 Å². The molecule has 1 aliphatic heterocycles. The smallest absolute Gasteiger partial charge is 0.550 e. The third-order valence-electron chi connectivity index (χ3n) is 16.8. The molecule has 30 heteroatoms. The number of carbonyl (C=O) groups is 2. The minimum Gasteiger partial charge on any atom is -0.550 e. The predicted molar refractivity (Wildman–Crippen MR) is 428 cm³/mol. The molecule has 1 atom stereocenters. The topological polar surface area (TPSA) is 280 Å². The molecular weight excluding hydrogens is 1710 g/mol. The van der Waals surface area contributed by atoms with Gasteiger partial charge < -0.3 is 54.5 Å². The van der Waals surface area contributed by atoms with Crippen molar-refractivity contribution in [3.05, 3.63) is 168 Å². The molecule has 8 saturated carbocycles. The van der Waals surface area contributed by atoms with Gasteiger partial charge in [0.15, 0.2) is 12.0 Å². The number of aldehydes is 1. The van der Waals surface area contributed by atoms with Gasteiger partial charge >= 0.3 is 29.6 Å². The summed E-state index contributed by atoms with van der Waals surface area (Å²) in [5, 5.41) is 73.1. The van der Waals surface area contributed by atoms with Crippen LogP contribution < -0.4 is 51.2 Å². The first-order valence-electron chi connectivity index (χ1n) is 32.5. The Kier molecular flexibility index (Phi) is 45.1. The number of nitrogens with two attached hydrogens (primary N) is 1. The molecule has 548 valence electrons. The van der Waals surface area contributed by atoms with Crippen molar-refractivity contribution >= 4 is 168 Å². The minimum absolute atomic E-state index is 0. The standard InChI is InChI=1S/C18H24N2OS.C18H22N2OS.2C8H6BrNOS.C5H5NOS.C5H4OS.C3H5Br.C3H3Br.C2H4O2.C2H6O.ClH.H3NO.Na/c2*1-2-17(22-3-1)16-7-15(21-20-16)11-19-18-8-12-4-13(9-18)6-14(5-12)10-18;2*9-5-6-4-7(10-11-6)8-2-1-3-12-8;7-6-4-5-2-1-3-8-5;6-4-5-2-1-3-7-5;2*1-2-3-4;1-2(3)4;1-2-3;;1-2;/h1-3,12-15,19H,4-11H2;1-3,7,12-14,19H,4-6,8-11H2;2*1-4H,5H2;1-4,7H;1-4H;2H,1,3H2;1H,3H2;1H3,(H,3,4);3H,2H2,1H3;1H;2H,1H2;/q;;;;;;;;;;;;+1/p-1/b;;;;6-4+;;;;;;;;. The van der Waals surface area contributed by atoms with Crippen molar-refractivity contribution in [3.63, 3.8) is 0 Å². The summed E-state index contributed by atoms with van der Waals surface area (Å²) in [6.07, 6.45) is 27.3. The van der Waals surface area contributed by atoms with Gasteiger partial charge in [0.25, 0.3) is 0 Å². The van der Waals surface area contributed by atoms with Crippen LogP contribution in [-0.2, 0) is 26.8 Å². The molecular formula is C72H88Br4ClN8NaO10S6. The van der Waals surface area contributed by atoms with Gasteiger partial charge in [-0.25, -0.2) is 5.90 Å². The Bertz CT molecular complexity index is 3590. The molecule has 9 aromatic rings. The van der Waals surface area contributed by atoms with E-state index in [2.05, 4.69) is 160 Å². The first kappa shape index (κ1) is 90.6. The van der Waals surface area contributed by atoms with Gasteiger partial charge in [0.2, 0.25) is 0 Å². The number of hydrogen-bond acceptors (Lipinski definition) is 24. The van der Waals surface area contributed by atoms with E-state index in [4.69, 9.17) is 50.3 Å². The molecule has 7 N–H and O–H groups in total. The van der Waals surface area contributed by atoms with E-state index in [1.165, 1.54) is 116 Å². The maximum absolute atomic E-state index is 9.88. The van der Waals surface area contributed by atoms with Crippen LogP contribution >= 0.6 is 144 Å². The van der Waals surface area contributed by atoms with Gasteiger partial charge in [-0.05, 0) is 195 Å². The van der Waals surface area contributed by atoms with Crippen LogP contribution in [0.2, 0.25) is 0 Å². The van der Waals surface area contributed by atoms with Crippen LogP contribution in [0.4, 0.5) is 0 Å². The number of aliphatic carboxylic acids is 1. The number of aliphatic hydroxyl groups excluding tert-OH is 1. The molecule has 0 spiro atoms. The molecule has 8 fully saturated rings. The number of carbonyl (C=O) groups excluding carboxylic acids is 2. The van der Waals surface area contributed by atoms with Crippen molar-refractivity contribution in [1.29, 1.82) is 0 Å². The summed E-state index contributed by atoms with van der Waals surface area (Å²) in [6.45, 7) is 8.12. The van der Waals surface area contributed by atoms with Crippen molar-refractivity contribution in [2.24, 2.45) is 51.7 Å². The van der Waals surface area contributed by atoms with Gasteiger partial charge in [-0.2, -0.15) is 0 Å². The molecule has 9 aromatic heterocycles. The number of nitrogens with zero attached hydrogens (tertiary/aromatic N) is 5. The number of rotatable bonds is 15. The molecule has 18 rings (SSSR count). The zero-order valence-corrected chi connectivity index (χ0v) is 71.3. The summed E-state index contributed by atoms with van der Waals surface area (Å²) >= 11 is 22.5. The van der Waals surface area contributed by atoms with Crippen molar-refractivity contribution in [3.8, 4) is 44.1 Å². The maximum atomic E-state index is 9.88. The largest absolute Gasteiger partial charge is 1.00 e. The molecule has 8 aliphatic carbocycles. The summed E-state index contributed by atoms with van der Waals surface area (Å²) in [5.41, 5.74) is 4.76. The van der Waals surface area contributed by atoms with E-state index >= 15 is 0 Å². The van der Waals surface area contributed by atoms with Gasteiger partial charge in [-0.3, -0.25) is 4.79 Å². The Balaban J connectivity index is 0.000000256. The zero-order valence-electron chi connectivity index (χ0n) is 57.2. The number of aliphatic hydroxyl groups is 1. The van der Waals surface area contributed by atoms with Crippen LogP contribution in [0, 0.1) is 47.9 Å². The van der Waals surface area contributed by atoms with E-state index in [9.17, 15) is 4.79 Å². The Labute approximate surface area is 684 Å². The third-order valence-corrected chi connectivity index (χ3v) is 23.9. The number of thiophene rings is 6. The molecule has 10 heterocycles. The second kappa shape index (κ2) is 50.7. The van der Waals surface area contributed by atoms with Crippen LogP contribution in [0.5, 0.6) is 0 Å². The molecule has 0 aromatic carbocycles. The predicted octanol–water partition coefficient (Wildman–Crippen LogP) is 16.1. The summed E-state index contributed by atoms with van der Waals surface area (Å²) in [6, 6.07) is 29.9. The normalized spacial score (nSPS) is 21.7. The van der Waals surface area contributed by atoms with Crippen molar-refractivity contribution in [2.45, 2.75) is 132 Å². The molecule has 9 aliphatic rings. The number of terminal acetylenes is 1. The van der Waals surface area contributed by atoms with Crippen molar-refractivity contribution in [1.82, 2.24) is 26.1 Å². The van der Waals surface area contributed by atoms with Gasteiger partial charge in [-0.15, -0.1) is 93.4 Å². The van der Waals surface area contributed by atoms with Gasteiger partial charge in [0.05, 0.1) is 53.1 Å². The minimum atomic E-state index is -1.08. The van der Waals surface area contributed by atoms with Gasteiger partial charge in [0.1, 0.15) is 40.4 Å². The van der Waals surface area contributed by atoms with Gasteiger partial charge in [0, 0.05) is 65.0 Å². The number of oxime groups is 2. The molecule has 0 amide bonds. The summed E-state index contributed by atoms with van der Waals surface area (Å²) in [5.74, 6) is 13.4. The van der Waals surface area contributed by atoms with Crippen LogP contribution in [0.3, 0.4) is 0 Å². The first-order valence-corrected chi connectivity index (χ1v) is 42.2. The Morgan fingerprint density at radius 1 is 0.667 bits per heavy atom. The molecule has 1 unspecified atom stereocenters. The first-order chi connectivity index (χ1) is 48.7. The molecule has 0 saturated heterocycles. The Morgan fingerprint density at radius 3 is 1.31 bits per heavy atom. The fourth-order valence-electron chi connectivity index (χ4n) is 13.9. The molecule has 0 radical (unpaired) electrons. The number of nitrogens with one attached hydrogen (secondary N) is 2. The van der Waals surface area contributed by atoms with Crippen LogP contribution in [0.25, 0.3) is 31.7 Å². The molecule has 8 bridgehead atoms. The van der Waals surface area contributed by atoms with E-state index in [0.29, 0.717) is 27.1 Å². The number of halogens is 5. The fraction of sp³-hybridized carbons (Fsp3) is 0.431. The number of aromatic nitrogens is 3. The quantitative estimate of drug-likeness (QED) is 0.00813. The zero-order chi connectivity index (χ0) is 72.0. The fourth-order valence-corrected chi connectivity index (χ4v) is 18.3. The number of hydrogen-bond donors (Lipinski definition) is 6. The summed E-state index contributed by atoms with van der Waals surface area (Å²) < 4.78 is 15.6. The second-order valence-electron chi connectivity index (χ2n) is 24.3. The van der Waals surface area contributed by atoms with Gasteiger partial charge in [-0.1, -0.05) is 138 Å². The summed E-state index contributed by atoms with van der Waals surface area (Å²) in [7, 11) is 0. The number of alkyl halides is 4. The van der Waals surface area contributed by atoms with E-state index < -0.39 is 5.97 Å². The van der Waals surface area contributed by atoms with Crippen LogP contribution in [-0.4, -0.2) is 96.2 Å². The molecule has 18 nitrogen and oxygen atoms in total. The van der Waals surface area contributed by atoms with E-state index in [1.807, 2.05) is 76.1 Å². The third kappa shape index (κ3) is 31.2. The van der Waals surface area contributed by atoms with Crippen LogP contribution in [0.1, 0.15) is 134 Å². The Morgan fingerprint density at radius 2 is 1.01 bits per heavy atom. The summed E-state index contributed by atoms with van der Waals surface area (Å²) in [4.78, 5) is 30.9. The average Bonchev–Trinajstić information content (AvgIpc) is 0.933. The monoisotopic (exact) mass is 1790 g/mol. The number of carboxylic acids is 1. The maximum Gasteiger partial charge on any atom is 1.00 e. The number of allylic oxidation sites excluding steroid dienone is 1. The average molecular weight is 1800 g/mol. The molecule has 102 heavy (non-hydrogen) atoms. The van der Waals surface area contributed by atoms with Crippen molar-refractivity contribution < 1.29 is 78.2 Å². The SMILES string of the molecule is BrCc1cc(-c2cccs2)no1.BrCc1cc(-c2cccs2)no1.C#CCBr.C=CCBr.CC(=O)[O-].CCO.Cl.NO.O/N=C/c1cccs1.O=Cc1cccs1.[Na+].c1csc(-c2cc(CNC34CC5CC(CC(C5)C3)C4)on2)c1.c1csc(C2=NOC(CNC34CC5CC(CC(C5)C3)C4)C2)c1. The van der Waals surface area contributed by atoms with Crippen LogP contribution in [0.15, 0.2) is 160 Å². The Hall–Kier alpha value is -3.78. The van der Waals surface area contributed by atoms with Crippen molar-refractivity contribution in [2.75, 3.05) is 23.8 Å². The van der Waals surface area contributed by atoms with E-state index in [-0.39, 0.29) is 54.7 Å². The van der Waals surface area contributed by atoms with E-state index in [0.717, 1.165) is 133 Å².